The SMILES string of the molecule is Cc1ccc(C(Br)c2cc(C)c(F)c(C)c2)cc1F. The van der Waals surface area contributed by atoms with Gasteiger partial charge in [-0.3, -0.25) is 0 Å². The first-order valence-electron chi connectivity index (χ1n) is 6.07. The van der Waals surface area contributed by atoms with Crippen LogP contribution < -0.4 is 0 Å². The molecule has 2 aromatic rings. The van der Waals surface area contributed by atoms with Gasteiger partial charge in [-0.05, 0) is 54.7 Å². The summed E-state index contributed by atoms with van der Waals surface area (Å²) in [5.74, 6) is -0.406. The summed E-state index contributed by atoms with van der Waals surface area (Å²) in [4.78, 5) is -0.138. The number of halogens is 3. The van der Waals surface area contributed by atoms with Crippen LogP contribution in [0.4, 0.5) is 8.78 Å². The van der Waals surface area contributed by atoms with Crippen LogP contribution in [0.2, 0.25) is 0 Å². The fourth-order valence-corrected chi connectivity index (χ4v) is 2.63. The molecule has 0 fully saturated rings. The zero-order chi connectivity index (χ0) is 14.2. The Morgan fingerprint density at radius 3 is 1.95 bits per heavy atom. The van der Waals surface area contributed by atoms with Crippen molar-refractivity contribution in [3.8, 4) is 0 Å². The summed E-state index contributed by atoms with van der Waals surface area (Å²) in [6.07, 6.45) is 0. The smallest absolute Gasteiger partial charge is 0.129 e. The van der Waals surface area contributed by atoms with Crippen LogP contribution in [0.5, 0.6) is 0 Å². The molecule has 1 unspecified atom stereocenters. The lowest BCUT2D eigenvalue weighted by atomic mass is 9.99. The molecule has 1 atom stereocenters. The lowest BCUT2D eigenvalue weighted by Gasteiger charge is -2.14. The van der Waals surface area contributed by atoms with E-state index in [9.17, 15) is 8.78 Å². The molecule has 100 valence electrons. The van der Waals surface area contributed by atoms with Crippen molar-refractivity contribution in [1.29, 1.82) is 0 Å². The Balaban J connectivity index is 2.43. The average Bonchev–Trinajstić information content (AvgIpc) is 2.37. The van der Waals surface area contributed by atoms with Crippen LogP contribution in [0.25, 0.3) is 0 Å². The lowest BCUT2D eigenvalue weighted by Crippen LogP contribution is -1.98. The second kappa shape index (κ2) is 5.41. The molecule has 0 nitrogen and oxygen atoms in total. The summed E-state index contributed by atoms with van der Waals surface area (Å²) >= 11 is 3.56. The standard InChI is InChI=1S/C16H15BrF2/c1-9-4-5-12(8-14(9)18)15(17)13-6-10(2)16(19)11(3)7-13/h4-8,15H,1-3H3. The minimum atomic E-state index is -0.225. The highest BCUT2D eigenvalue weighted by atomic mass is 79.9. The van der Waals surface area contributed by atoms with Crippen molar-refractivity contribution < 1.29 is 8.78 Å². The van der Waals surface area contributed by atoms with E-state index in [4.69, 9.17) is 0 Å². The second-order valence-corrected chi connectivity index (χ2v) is 5.76. The van der Waals surface area contributed by atoms with E-state index in [1.807, 2.05) is 6.07 Å². The highest BCUT2D eigenvalue weighted by molar-refractivity contribution is 9.09. The summed E-state index contributed by atoms with van der Waals surface area (Å²) in [5, 5.41) is 0. The summed E-state index contributed by atoms with van der Waals surface area (Å²) in [7, 11) is 0. The fourth-order valence-electron chi connectivity index (χ4n) is 2.08. The van der Waals surface area contributed by atoms with Crippen molar-refractivity contribution in [3.63, 3.8) is 0 Å². The van der Waals surface area contributed by atoms with E-state index < -0.39 is 0 Å². The zero-order valence-corrected chi connectivity index (χ0v) is 12.7. The first-order chi connectivity index (χ1) is 8.90. The van der Waals surface area contributed by atoms with Crippen molar-refractivity contribution >= 4 is 15.9 Å². The van der Waals surface area contributed by atoms with Gasteiger partial charge < -0.3 is 0 Å². The zero-order valence-electron chi connectivity index (χ0n) is 11.1. The molecule has 0 heterocycles. The van der Waals surface area contributed by atoms with Crippen LogP contribution in [-0.4, -0.2) is 0 Å². The number of aryl methyl sites for hydroxylation is 3. The molecule has 0 aliphatic heterocycles. The maximum atomic E-state index is 13.6. The van der Waals surface area contributed by atoms with Crippen LogP contribution in [0.3, 0.4) is 0 Å². The third-order valence-corrected chi connectivity index (χ3v) is 4.30. The summed E-state index contributed by atoms with van der Waals surface area (Å²) < 4.78 is 27.2. The van der Waals surface area contributed by atoms with Gasteiger partial charge in [0.1, 0.15) is 11.6 Å². The lowest BCUT2D eigenvalue weighted by molar-refractivity contribution is 0.608. The third kappa shape index (κ3) is 2.86. The highest BCUT2D eigenvalue weighted by Crippen LogP contribution is 2.33. The normalized spacial score (nSPS) is 12.5. The molecule has 0 N–H and O–H groups in total. The molecule has 2 aromatic carbocycles. The van der Waals surface area contributed by atoms with Gasteiger partial charge in [0.05, 0.1) is 4.83 Å². The Morgan fingerprint density at radius 2 is 1.42 bits per heavy atom. The Kier molecular flexibility index (Phi) is 4.04. The Hall–Kier alpha value is -1.22. The summed E-state index contributed by atoms with van der Waals surface area (Å²) in [5.41, 5.74) is 3.59. The van der Waals surface area contributed by atoms with Gasteiger partial charge >= 0.3 is 0 Å². The van der Waals surface area contributed by atoms with Gasteiger partial charge in [0, 0.05) is 0 Å². The van der Waals surface area contributed by atoms with Crippen LogP contribution in [0.1, 0.15) is 32.6 Å². The predicted octanol–water partition coefficient (Wildman–Crippen LogP) is 5.37. The molecule has 0 aliphatic carbocycles. The molecule has 0 aliphatic rings. The molecule has 0 spiro atoms. The van der Waals surface area contributed by atoms with Crippen LogP contribution >= 0.6 is 15.9 Å². The van der Waals surface area contributed by atoms with Crippen molar-refractivity contribution in [3.05, 3.63) is 69.8 Å². The molecule has 0 bridgehead atoms. The van der Waals surface area contributed by atoms with Crippen molar-refractivity contribution in [2.45, 2.75) is 25.6 Å². The second-order valence-electron chi connectivity index (χ2n) is 4.84. The molecule has 19 heavy (non-hydrogen) atoms. The highest BCUT2D eigenvalue weighted by Gasteiger charge is 2.14. The van der Waals surface area contributed by atoms with Gasteiger partial charge in [0.25, 0.3) is 0 Å². The van der Waals surface area contributed by atoms with E-state index in [0.29, 0.717) is 16.7 Å². The van der Waals surface area contributed by atoms with E-state index in [1.165, 1.54) is 6.07 Å². The van der Waals surface area contributed by atoms with Crippen molar-refractivity contribution in [2.75, 3.05) is 0 Å². The number of alkyl halides is 1. The van der Waals surface area contributed by atoms with Gasteiger partial charge in [-0.1, -0.05) is 40.2 Å². The van der Waals surface area contributed by atoms with Gasteiger partial charge in [-0.2, -0.15) is 0 Å². The maximum Gasteiger partial charge on any atom is 0.129 e. The van der Waals surface area contributed by atoms with Crippen LogP contribution in [0.15, 0.2) is 30.3 Å². The topological polar surface area (TPSA) is 0 Å². The molecule has 2 rings (SSSR count). The van der Waals surface area contributed by atoms with Gasteiger partial charge in [0.15, 0.2) is 0 Å². The Bertz CT molecular complexity index is 597. The number of hydrogen-bond donors (Lipinski definition) is 0. The van der Waals surface area contributed by atoms with Crippen molar-refractivity contribution in [1.82, 2.24) is 0 Å². The minimum absolute atomic E-state index is 0.138. The molecule has 0 saturated heterocycles. The van der Waals surface area contributed by atoms with E-state index in [1.54, 1.807) is 39.0 Å². The first-order valence-corrected chi connectivity index (χ1v) is 6.98. The van der Waals surface area contributed by atoms with Crippen LogP contribution in [0, 0.1) is 32.4 Å². The minimum Gasteiger partial charge on any atom is -0.207 e. The number of hydrogen-bond acceptors (Lipinski definition) is 0. The van der Waals surface area contributed by atoms with E-state index in [0.717, 1.165) is 11.1 Å². The first kappa shape index (κ1) is 14.2. The molecule has 0 radical (unpaired) electrons. The van der Waals surface area contributed by atoms with E-state index >= 15 is 0 Å². The largest absolute Gasteiger partial charge is 0.207 e. The van der Waals surface area contributed by atoms with Gasteiger partial charge in [0.2, 0.25) is 0 Å². The number of rotatable bonds is 2. The Labute approximate surface area is 120 Å². The number of benzene rings is 2. The van der Waals surface area contributed by atoms with Crippen molar-refractivity contribution in [2.24, 2.45) is 0 Å². The Morgan fingerprint density at radius 1 is 0.842 bits per heavy atom. The molecular weight excluding hydrogens is 310 g/mol. The molecule has 0 saturated carbocycles. The van der Waals surface area contributed by atoms with E-state index in [-0.39, 0.29) is 16.5 Å². The quantitative estimate of drug-likeness (QED) is 0.651. The third-order valence-electron chi connectivity index (χ3n) is 3.24. The van der Waals surface area contributed by atoms with Crippen LogP contribution in [-0.2, 0) is 0 Å². The molecule has 3 heteroatoms. The fraction of sp³-hybridized carbons (Fsp3) is 0.250. The van der Waals surface area contributed by atoms with Gasteiger partial charge in [-0.15, -0.1) is 0 Å². The average molecular weight is 325 g/mol. The predicted molar refractivity (Wildman–Crippen MR) is 77.8 cm³/mol. The molecule has 0 aromatic heterocycles. The summed E-state index contributed by atoms with van der Waals surface area (Å²) in [6, 6.07) is 8.73. The monoisotopic (exact) mass is 324 g/mol. The molecular formula is C16H15BrF2. The summed E-state index contributed by atoms with van der Waals surface area (Å²) in [6.45, 7) is 5.21. The van der Waals surface area contributed by atoms with E-state index in [2.05, 4.69) is 15.9 Å². The maximum absolute atomic E-state index is 13.6. The van der Waals surface area contributed by atoms with Gasteiger partial charge in [-0.25, -0.2) is 8.78 Å². The molecule has 0 amide bonds.